The van der Waals surface area contributed by atoms with Crippen molar-refractivity contribution in [3.63, 3.8) is 0 Å². The standard InChI is InChI=1S/C15H13BrCl3NO/c1-2-21-15-11(16)6-10(17)7-14(15)20-8-9-3-4-12(18)13(19)5-9/h3-7,20H,2,8H2,1H3. The summed E-state index contributed by atoms with van der Waals surface area (Å²) in [5, 5.41) is 5.01. The van der Waals surface area contributed by atoms with E-state index in [1.54, 1.807) is 12.1 Å². The third kappa shape index (κ3) is 4.43. The Hall–Kier alpha value is -0.610. The van der Waals surface area contributed by atoms with Gasteiger partial charge in [-0.3, -0.25) is 0 Å². The molecular weight excluding hydrogens is 396 g/mol. The summed E-state index contributed by atoms with van der Waals surface area (Å²) in [5.41, 5.74) is 1.84. The average molecular weight is 410 g/mol. The molecule has 2 aromatic carbocycles. The van der Waals surface area contributed by atoms with Gasteiger partial charge in [-0.25, -0.2) is 0 Å². The van der Waals surface area contributed by atoms with Crippen molar-refractivity contribution in [3.05, 3.63) is 55.4 Å². The molecule has 2 nitrogen and oxygen atoms in total. The molecule has 0 saturated heterocycles. The zero-order valence-corrected chi connectivity index (χ0v) is 15.1. The van der Waals surface area contributed by atoms with Gasteiger partial charge < -0.3 is 10.1 Å². The van der Waals surface area contributed by atoms with Crippen molar-refractivity contribution in [2.75, 3.05) is 11.9 Å². The van der Waals surface area contributed by atoms with E-state index in [4.69, 9.17) is 39.5 Å². The topological polar surface area (TPSA) is 21.3 Å². The molecule has 0 heterocycles. The monoisotopic (exact) mass is 407 g/mol. The van der Waals surface area contributed by atoms with Crippen LogP contribution >= 0.6 is 50.7 Å². The summed E-state index contributed by atoms with van der Waals surface area (Å²) in [4.78, 5) is 0. The Morgan fingerprint density at radius 1 is 1.10 bits per heavy atom. The predicted molar refractivity (Wildman–Crippen MR) is 94.1 cm³/mol. The number of hydrogen-bond acceptors (Lipinski definition) is 2. The Bertz CT molecular complexity index is 649. The highest BCUT2D eigenvalue weighted by molar-refractivity contribution is 9.10. The first-order chi connectivity index (χ1) is 10.0. The summed E-state index contributed by atoms with van der Waals surface area (Å²) in [6.07, 6.45) is 0. The first-order valence-corrected chi connectivity index (χ1v) is 8.23. The first kappa shape index (κ1) is 16.8. The minimum absolute atomic E-state index is 0.535. The van der Waals surface area contributed by atoms with Crippen molar-refractivity contribution in [3.8, 4) is 5.75 Å². The molecule has 0 atom stereocenters. The highest BCUT2D eigenvalue weighted by Crippen LogP contribution is 2.37. The van der Waals surface area contributed by atoms with Gasteiger partial charge in [0, 0.05) is 11.6 Å². The van der Waals surface area contributed by atoms with Gasteiger partial charge in [0.2, 0.25) is 0 Å². The van der Waals surface area contributed by atoms with E-state index in [0.717, 1.165) is 21.5 Å². The molecule has 0 aromatic heterocycles. The van der Waals surface area contributed by atoms with E-state index in [9.17, 15) is 0 Å². The highest BCUT2D eigenvalue weighted by atomic mass is 79.9. The van der Waals surface area contributed by atoms with Gasteiger partial charge in [-0.1, -0.05) is 40.9 Å². The summed E-state index contributed by atoms with van der Waals surface area (Å²) >= 11 is 21.5. The Labute approximate surface area is 147 Å². The van der Waals surface area contributed by atoms with Gasteiger partial charge in [-0.05, 0) is 52.7 Å². The Morgan fingerprint density at radius 2 is 1.86 bits per heavy atom. The lowest BCUT2D eigenvalue weighted by molar-refractivity contribution is 0.339. The molecule has 0 aliphatic carbocycles. The van der Waals surface area contributed by atoms with Gasteiger partial charge in [0.25, 0.3) is 0 Å². The molecule has 21 heavy (non-hydrogen) atoms. The lowest BCUT2D eigenvalue weighted by Crippen LogP contribution is -2.03. The van der Waals surface area contributed by atoms with Crippen molar-refractivity contribution in [2.45, 2.75) is 13.5 Å². The van der Waals surface area contributed by atoms with Crippen LogP contribution in [-0.4, -0.2) is 6.61 Å². The van der Waals surface area contributed by atoms with Crippen molar-refractivity contribution in [1.29, 1.82) is 0 Å². The Morgan fingerprint density at radius 3 is 2.52 bits per heavy atom. The summed E-state index contributed by atoms with van der Waals surface area (Å²) in [7, 11) is 0. The average Bonchev–Trinajstić information content (AvgIpc) is 2.43. The Balaban J connectivity index is 2.20. The van der Waals surface area contributed by atoms with Crippen molar-refractivity contribution in [2.24, 2.45) is 0 Å². The smallest absolute Gasteiger partial charge is 0.156 e. The van der Waals surface area contributed by atoms with Crippen molar-refractivity contribution < 1.29 is 4.74 Å². The summed E-state index contributed by atoms with van der Waals surface area (Å²) < 4.78 is 6.45. The number of nitrogens with one attached hydrogen (secondary N) is 1. The lowest BCUT2D eigenvalue weighted by atomic mass is 10.2. The molecule has 0 amide bonds. The van der Waals surface area contributed by atoms with E-state index >= 15 is 0 Å². The summed E-state index contributed by atoms with van der Waals surface area (Å²) in [5.74, 6) is 0.738. The summed E-state index contributed by atoms with van der Waals surface area (Å²) in [6.45, 7) is 3.09. The van der Waals surface area contributed by atoms with E-state index in [1.165, 1.54) is 0 Å². The highest BCUT2D eigenvalue weighted by Gasteiger charge is 2.10. The molecule has 0 radical (unpaired) electrons. The van der Waals surface area contributed by atoms with Gasteiger partial charge in [0.1, 0.15) is 0 Å². The fraction of sp³-hybridized carbons (Fsp3) is 0.200. The molecule has 2 aromatic rings. The second-order valence-corrected chi connectivity index (χ2v) is 6.40. The van der Waals surface area contributed by atoms with Gasteiger partial charge in [0.05, 0.1) is 26.8 Å². The second kappa shape index (κ2) is 7.59. The van der Waals surface area contributed by atoms with Crippen molar-refractivity contribution in [1.82, 2.24) is 0 Å². The lowest BCUT2D eigenvalue weighted by Gasteiger charge is -2.15. The number of benzene rings is 2. The normalized spacial score (nSPS) is 10.5. The van der Waals surface area contributed by atoms with Crippen LogP contribution in [0.25, 0.3) is 0 Å². The predicted octanol–water partition coefficient (Wildman–Crippen LogP) is 6.42. The van der Waals surface area contributed by atoms with Gasteiger partial charge >= 0.3 is 0 Å². The molecular formula is C15H13BrCl3NO. The van der Waals surface area contributed by atoms with E-state index in [-0.39, 0.29) is 0 Å². The largest absolute Gasteiger partial charge is 0.491 e. The minimum Gasteiger partial charge on any atom is -0.491 e. The number of ether oxygens (including phenoxy) is 1. The molecule has 0 unspecified atom stereocenters. The fourth-order valence-electron chi connectivity index (χ4n) is 1.83. The Kier molecular flexibility index (Phi) is 6.06. The van der Waals surface area contributed by atoms with E-state index in [0.29, 0.717) is 28.2 Å². The van der Waals surface area contributed by atoms with Crippen LogP contribution in [0.15, 0.2) is 34.8 Å². The number of rotatable bonds is 5. The molecule has 0 bridgehead atoms. The van der Waals surface area contributed by atoms with E-state index in [2.05, 4.69) is 21.2 Å². The van der Waals surface area contributed by atoms with Gasteiger partial charge in [0.15, 0.2) is 5.75 Å². The van der Waals surface area contributed by atoms with Crippen LogP contribution < -0.4 is 10.1 Å². The fourth-order valence-corrected chi connectivity index (χ4v) is 3.07. The van der Waals surface area contributed by atoms with Crippen LogP contribution in [0.2, 0.25) is 15.1 Å². The number of hydrogen-bond donors (Lipinski definition) is 1. The zero-order valence-electron chi connectivity index (χ0n) is 11.2. The first-order valence-electron chi connectivity index (χ1n) is 6.31. The van der Waals surface area contributed by atoms with Crippen LogP contribution in [0.3, 0.4) is 0 Å². The zero-order chi connectivity index (χ0) is 15.4. The summed E-state index contributed by atoms with van der Waals surface area (Å²) in [6, 6.07) is 9.15. The quantitative estimate of drug-likeness (QED) is 0.615. The maximum Gasteiger partial charge on any atom is 0.156 e. The third-order valence-corrected chi connectivity index (χ3v) is 4.31. The molecule has 2 rings (SSSR count). The van der Waals surface area contributed by atoms with Crippen LogP contribution in [0, 0.1) is 0 Å². The maximum atomic E-state index is 6.09. The van der Waals surface area contributed by atoms with E-state index in [1.807, 2.05) is 25.1 Å². The maximum absolute atomic E-state index is 6.09. The van der Waals surface area contributed by atoms with Gasteiger partial charge in [-0.2, -0.15) is 0 Å². The van der Waals surface area contributed by atoms with Crippen LogP contribution in [0.5, 0.6) is 5.75 Å². The second-order valence-electron chi connectivity index (χ2n) is 4.30. The molecule has 0 saturated carbocycles. The molecule has 0 aliphatic heterocycles. The van der Waals surface area contributed by atoms with Crippen LogP contribution in [-0.2, 0) is 6.54 Å². The van der Waals surface area contributed by atoms with Crippen LogP contribution in [0.1, 0.15) is 12.5 Å². The molecule has 0 fully saturated rings. The van der Waals surface area contributed by atoms with Gasteiger partial charge in [-0.15, -0.1) is 0 Å². The van der Waals surface area contributed by atoms with E-state index < -0.39 is 0 Å². The molecule has 112 valence electrons. The number of halogens is 4. The SMILES string of the molecule is CCOc1c(Br)cc(Cl)cc1NCc1ccc(Cl)c(Cl)c1. The van der Waals surface area contributed by atoms with Crippen molar-refractivity contribution >= 4 is 56.4 Å². The third-order valence-electron chi connectivity index (χ3n) is 2.76. The molecule has 6 heteroatoms. The minimum atomic E-state index is 0.535. The molecule has 0 spiro atoms. The number of anilines is 1. The molecule has 1 N–H and O–H groups in total. The molecule has 0 aliphatic rings. The van der Waals surface area contributed by atoms with Crippen LogP contribution in [0.4, 0.5) is 5.69 Å².